The van der Waals surface area contributed by atoms with Gasteiger partial charge in [-0.05, 0) is 49.1 Å². The van der Waals surface area contributed by atoms with Crippen LogP contribution in [-0.2, 0) is 24.7 Å². The molecule has 0 aliphatic heterocycles. The van der Waals surface area contributed by atoms with Gasteiger partial charge in [0.2, 0.25) is 0 Å². The first-order valence-electron chi connectivity index (χ1n) is 11.1. The number of carbonyl (C=O) groups is 1. The zero-order valence-corrected chi connectivity index (χ0v) is 19.0. The standard InChI is InChI=1S/C27H31O4/c1-18(2)31-24(29)23-22-15-16-26(5,25(22,3)4)27(23,30-17-28)21-14-10-9-13-20(21)19-11-7-6-8-12-19/h6-14,18,22-23H,15-16H2,1-5H3. The minimum absolute atomic E-state index is 0.0425. The molecular formula is C27H31O4. The first-order chi connectivity index (χ1) is 14.7. The monoisotopic (exact) mass is 419 g/mol. The van der Waals surface area contributed by atoms with E-state index in [-0.39, 0.29) is 23.4 Å². The molecule has 0 saturated heterocycles. The summed E-state index contributed by atoms with van der Waals surface area (Å²) in [5.41, 5.74) is 1.01. The van der Waals surface area contributed by atoms with Crippen molar-refractivity contribution >= 4 is 12.4 Å². The van der Waals surface area contributed by atoms with Crippen LogP contribution in [0, 0.1) is 22.7 Å². The second-order valence-electron chi connectivity index (χ2n) is 9.99. The van der Waals surface area contributed by atoms with Crippen molar-refractivity contribution in [2.45, 2.75) is 59.2 Å². The van der Waals surface area contributed by atoms with Crippen molar-refractivity contribution in [2.24, 2.45) is 22.7 Å². The molecule has 2 aliphatic rings. The Hall–Kier alpha value is -2.62. The SMILES string of the molecule is CC(C)OC(=O)C1C2CCC(C)(C2(C)C)C1(O[C]=O)c1ccccc1-c1ccccc1. The summed E-state index contributed by atoms with van der Waals surface area (Å²) in [5.74, 6) is -0.842. The molecule has 0 amide bonds. The van der Waals surface area contributed by atoms with Crippen LogP contribution in [0.1, 0.15) is 53.0 Å². The first-order valence-corrected chi connectivity index (χ1v) is 11.1. The fourth-order valence-electron chi connectivity index (χ4n) is 6.48. The molecule has 31 heavy (non-hydrogen) atoms. The second kappa shape index (κ2) is 7.51. The number of ether oxygens (including phenoxy) is 2. The Bertz CT molecular complexity index is 980. The number of hydrogen-bond donors (Lipinski definition) is 0. The minimum atomic E-state index is -1.15. The average molecular weight is 420 g/mol. The van der Waals surface area contributed by atoms with Gasteiger partial charge in [-0.25, -0.2) is 4.79 Å². The van der Waals surface area contributed by atoms with E-state index >= 15 is 0 Å². The van der Waals surface area contributed by atoms with Crippen LogP contribution in [0.4, 0.5) is 0 Å². The Morgan fingerprint density at radius 2 is 1.68 bits per heavy atom. The van der Waals surface area contributed by atoms with E-state index in [2.05, 4.69) is 20.8 Å². The van der Waals surface area contributed by atoms with E-state index in [1.165, 1.54) is 0 Å². The van der Waals surface area contributed by atoms with Crippen molar-refractivity contribution in [3.63, 3.8) is 0 Å². The summed E-state index contributed by atoms with van der Waals surface area (Å²) in [4.78, 5) is 25.5. The van der Waals surface area contributed by atoms with Gasteiger partial charge in [-0.15, -0.1) is 0 Å². The Morgan fingerprint density at radius 1 is 1.03 bits per heavy atom. The summed E-state index contributed by atoms with van der Waals surface area (Å²) in [7, 11) is 0. The van der Waals surface area contributed by atoms with Crippen molar-refractivity contribution in [3.05, 3.63) is 60.2 Å². The van der Waals surface area contributed by atoms with Crippen LogP contribution in [0.2, 0.25) is 0 Å². The summed E-state index contributed by atoms with van der Waals surface area (Å²) in [6.45, 7) is 12.0. The van der Waals surface area contributed by atoms with Gasteiger partial charge in [-0.3, -0.25) is 4.79 Å². The van der Waals surface area contributed by atoms with E-state index in [0.717, 1.165) is 29.5 Å². The number of fused-ring (bicyclic) bond motifs is 2. The van der Waals surface area contributed by atoms with Gasteiger partial charge in [0.15, 0.2) is 5.60 Å². The second-order valence-corrected chi connectivity index (χ2v) is 9.99. The van der Waals surface area contributed by atoms with Crippen LogP contribution in [0.3, 0.4) is 0 Å². The molecule has 1 radical (unpaired) electrons. The molecule has 2 aromatic carbocycles. The highest BCUT2D eigenvalue weighted by atomic mass is 16.6. The molecular weight excluding hydrogens is 388 g/mol. The number of hydrogen-bond acceptors (Lipinski definition) is 4. The van der Waals surface area contributed by atoms with Crippen LogP contribution in [-0.4, -0.2) is 18.5 Å². The Kier molecular flexibility index (Phi) is 5.23. The molecule has 163 valence electrons. The van der Waals surface area contributed by atoms with Crippen LogP contribution in [0.5, 0.6) is 0 Å². The predicted molar refractivity (Wildman–Crippen MR) is 120 cm³/mol. The lowest BCUT2D eigenvalue weighted by Gasteiger charge is -2.49. The third-order valence-corrected chi connectivity index (χ3v) is 8.18. The summed E-state index contributed by atoms with van der Waals surface area (Å²) >= 11 is 0. The van der Waals surface area contributed by atoms with Gasteiger partial charge in [0.1, 0.15) is 5.92 Å². The largest absolute Gasteiger partial charge is 0.463 e. The van der Waals surface area contributed by atoms with E-state index in [4.69, 9.17) is 9.47 Å². The van der Waals surface area contributed by atoms with Crippen molar-refractivity contribution < 1.29 is 19.1 Å². The molecule has 2 saturated carbocycles. The van der Waals surface area contributed by atoms with Gasteiger partial charge in [-0.2, -0.15) is 0 Å². The van der Waals surface area contributed by atoms with Crippen molar-refractivity contribution in [2.75, 3.05) is 0 Å². The van der Waals surface area contributed by atoms with Crippen molar-refractivity contribution in [3.8, 4) is 11.1 Å². The van der Waals surface area contributed by atoms with Crippen LogP contribution in [0.25, 0.3) is 11.1 Å². The van der Waals surface area contributed by atoms with Gasteiger partial charge >= 0.3 is 12.4 Å². The molecule has 2 aromatic rings. The number of benzene rings is 2. The van der Waals surface area contributed by atoms with Crippen molar-refractivity contribution in [1.29, 1.82) is 0 Å². The molecule has 0 aromatic heterocycles. The Morgan fingerprint density at radius 3 is 2.32 bits per heavy atom. The molecule has 4 nitrogen and oxygen atoms in total. The lowest BCUT2D eigenvalue weighted by Crippen LogP contribution is -2.53. The topological polar surface area (TPSA) is 52.6 Å². The quantitative estimate of drug-likeness (QED) is 0.567. The normalized spacial score (nSPS) is 30.9. The Balaban J connectivity index is 2.02. The lowest BCUT2D eigenvalue weighted by atomic mass is 9.59. The number of esters is 1. The van der Waals surface area contributed by atoms with Crippen molar-refractivity contribution in [1.82, 2.24) is 0 Å². The zero-order valence-electron chi connectivity index (χ0n) is 19.0. The summed E-state index contributed by atoms with van der Waals surface area (Å²) < 4.78 is 11.8. The highest BCUT2D eigenvalue weighted by Crippen LogP contribution is 2.76. The lowest BCUT2D eigenvalue weighted by molar-refractivity contribution is -0.174. The predicted octanol–water partition coefficient (Wildman–Crippen LogP) is 5.66. The van der Waals surface area contributed by atoms with Crippen LogP contribution >= 0.6 is 0 Å². The summed E-state index contributed by atoms with van der Waals surface area (Å²) in [5, 5.41) is 0. The highest BCUT2D eigenvalue weighted by molar-refractivity contribution is 5.79. The summed E-state index contributed by atoms with van der Waals surface area (Å²) in [6.07, 6.45) is 1.52. The summed E-state index contributed by atoms with van der Waals surface area (Å²) in [6, 6.07) is 18.0. The minimum Gasteiger partial charge on any atom is -0.463 e. The highest BCUT2D eigenvalue weighted by Gasteiger charge is 2.78. The van der Waals surface area contributed by atoms with Gasteiger partial charge < -0.3 is 9.47 Å². The maximum Gasteiger partial charge on any atom is 0.418 e. The average Bonchev–Trinajstić information content (AvgIpc) is 3.05. The molecule has 2 fully saturated rings. The molecule has 4 rings (SSSR count). The maximum absolute atomic E-state index is 13.6. The van der Waals surface area contributed by atoms with Gasteiger partial charge in [-0.1, -0.05) is 75.4 Å². The van der Waals surface area contributed by atoms with Gasteiger partial charge in [0.25, 0.3) is 0 Å². The molecule has 0 spiro atoms. The van der Waals surface area contributed by atoms with Crippen LogP contribution in [0.15, 0.2) is 54.6 Å². The van der Waals surface area contributed by atoms with Gasteiger partial charge in [0, 0.05) is 11.0 Å². The molecule has 4 heteroatoms. The zero-order chi connectivity index (χ0) is 22.4. The molecule has 4 atom stereocenters. The third-order valence-electron chi connectivity index (χ3n) is 8.18. The smallest absolute Gasteiger partial charge is 0.418 e. The van der Waals surface area contributed by atoms with E-state index in [1.54, 1.807) is 6.47 Å². The molecule has 2 aliphatic carbocycles. The number of rotatable bonds is 6. The van der Waals surface area contributed by atoms with E-state index < -0.39 is 16.9 Å². The van der Waals surface area contributed by atoms with E-state index in [0.29, 0.717) is 0 Å². The molecule has 0 heterocycles. The fraction of sp³-hybridized carbons (Fsp3) is 0.481. The van der Waals surface area contributed by atoms with E-state index in [9.17, 15) is 9.59 Å². The van der Waals surface area contributed by atoms with E-state index in [1.807, 2.05) is 68.4 Å². The molecule has 0 N–H and O–H groups in total. The van der Waals surface area contributed by atoms with Gasteiger partial charge in [0.05, 0.1) is 6.10 Å². The third kappa shape index (κ3) is 2.87. The van der Waals surface area contributed by atoms with Crippen LogP contribution < -0.4 is 0 Å². The Labute approximate surface area is 185 Å². The number of carbonyl (C=O) groups excluding carboxylic acids is 2. The first kappa shape index (κ1) is 21.6. The molecule has 4 unspecified atom stereocenters. The fourth-order valence-corrected chi connectivity index (χ4v) is 6.48. The molecule has 2 bridgehead atoms. The maximum atomic E-state index is 13.6.